The van der Waals surface area contributed by atoms with E-state index in [0.717, 1.165) is 18.5 Å². The molecule has 0 spiro atoms. The van der Waals surface area contributed by atoms with Gasteiger partial charge in [-0.15, -0.1) is 0 Å². The van der Waals surface area contributed by atoms with E-state index in [1.54, 1.807) is 12.1 Å². The second kappa shape index (κ2) is 8.89. The monoisotopic (exact) mass is 342 g/mol. The quantitative estimate of drug-likeness (QED) is 0.431. The molecule has 0 saturated carbocycles. The van der Waals surface area contributed by atoms with Crippen molar-refractivity contribution in [2.75, 3.05) is 18.6 Å². The molecular weight excluding hydrogens is 320 g/mol. The number of nitro groups is 1. The van der Waals surface area contributed by atoms with Crippen molar-refractivity contribution in [1.82, 2.24) is 0 Å². The first-order valence-corrected chi connectivity index (χ1v) is 8.15. The fraction of sp³-hybridized carbons (Fsp3) is 0.333. The molecule has 0 aliphatic rings. The van der Waals surface area contributed by atoms with Crippen molar-refractivity contribution >= 4 is 22.7 Å². The number of non-ortho nitro benzene ring substituents is 1. The molecule has 1 atom stereocenters. The minimum atomic E-state index is -0.450. The second-order valence-electron chi connectivity index (χ2n) is 5.73. The molecule has 0 amide bonds. The highest BCUT2D eigenvalue weighted by molar-refractivity contribution is 5.53. The van der Waals surface area contributed by atoms with Crippen molar-refractivity contribution < 1.29 is 10.0 Å². The number of aliphatic hydroxyl groups excluding tert-OH is 1. The van der Waals surface area contributed by atoms with Crippen LogP contribution in [0.4, 0.5) is 22.7 Å². The van der Waals surface area contributed by atoms with Crippen LogP contribution in [0.2, 0.25) is 0 Å². The van der Waals surface area contributed by atoms with Gasteiger partial charge in [-0.3, -0.25) is 10.1 Å². The normalized spacial score (nSPS) is 12.3. The lowest BCUT2D eigenvalue weighted by atomic mass is 10.1. The van der Waals surface area contributed by atoms with E-state index >= 15 is 0 Å². The largest absolute Gasteiger partial charge is 0.394 e. The molecule has 0 heterocycles. The van der Waals surface area contributed by atoms with Gasteiger partial charge in [-0.1, -0.05) is 13.3 Å². The number of azo groups is 1. The van der Waals surface area contributed by atoms with Gasteiger partial charge in [0.25, 0.3) is 5.69 Å². The van der Waals surface area contributed by atoms with Gasteiger partial charge in [-0.05, 0) is 42.8 Å². The maximum atomic E-state index is 10.6. The van der Waals surface area contributed by atoms with Crippen LogP contribution in [0.15, 0.2) is 58.8 Å². The molecule has 2 aromatic rings. The first-order valence-electron chi connectivity index (χ1n) is 8.15. The Kier molecular flexibility index (Phi) is 6.59. The Morgan fingerprint density at radius 3 is 2.04 bits per heavy atom. The van der Waals surface area contributed by atoms with E-state index in [0.29, 0.717) is 11.4 Å². The van der Waals surface area contributed by atoms with E-state index in [-0.39, 0.29) is 18.3 Å². The summed E-state index contributed by atoms with van der Waals surface area (Å²) in [6.45, 7) is 2.21. The van der Waals surface area contributed by atoms with Gasteiger partial charge in [0.15, 0.2) is 0 Å². The third kappa shape index (κ3) is 5.09. The van der Waals surface area contributed by atoms with Crippen molar-refractivity contribution in [2.24, 2.45) is 10.2 Å². The number of rotatable bonds is 8. The number of nitro benzene ring substituents is 1. The Balaban J connectivity index is 2.05. The predicted molar refractivity (Wildman–Crippen MR) is 97.9 cm³/mol. The van der Waals surface area contributed by atoms with E-state index in [4.69, 9.17) is 0 Å². The van der Waals surface area contributed by atoms with Gasteiger partial charge < -0.3 is 10.0 Å². The fourth-order valence-electron chi connectivity index (χ4n) is 2.46. The molecule has 0 aliphatic carbocycles. The average Bonchev–Trinajstić information content (AvgIpc) is 2.64. The van der Waals surface area contributed by atoms with Crippen molar-refractivity contribution in [3.05, 3.63) is 58.6 Å². The summed E-state index contributed by atoms with van der Waals surface area (Å²) < 4.78 is 0. The molecule has 1 N–H and O–H groups in total. The minimum absolute atomic E-state index is 0.0249. The maximum Gasteiger partial charge on any atom is 0.269 e. The third-order valence-corrected chi connectivity index (χ3v) is 3.98. The van der Waals surface area contributed by atoms with Gasteiger partial charge in [0.05, 0.1) is 28.9 Å². The van der Waals surface area contributed by atoms with Crippen LogP contribution >= 0.6 is 0 Å². The zero-order valence-electron chi connectivity index (χ0n) is 14.4. The molecule has 0 aromatic heterocycles. The Morgan fingerprint density at radius 2 is 1.60 bits per heavy atom. The summed E-state index contributed by atoms with van der Waals surface area (Å²) in [6.07, 6.45) is 1.94. The van der Waals surface area contributed by atoms with E-state index in [2.05, 4.69) is 22.1 Å². The molecule has 132 valence electrons. The van der Waals surface area contributed by atoms with Crippen LogP contribution in [0.25, 0.3) is 0 Å². The lowest BCUT2D eigenvalue weighted by molar-refractivity contribution is -0.384. The highest BCUT2D eigenvalue weighted by Gasteiger charge is 2.13. The van der Waals surface area contributed by atoms with Crippen molar-refractivity contribution in [3.63, 3.8) is 0 Å². The minimum Gasteiger partial charge on any atom is -0.394 e. The number of likely N-dealkylation sites (N-methyl/N-ethyl adjacent to an activating group) is 1. The van der Waals surface area contributed by atoms with Gasteiger partial charge in [0, 0.05) is 24.9 Å². The summed E-state index contributed by atoms with van der Waals surface area (Å²) in [5.41, 5.74) is 2.26. The van der Waals surface area contributed by atoms with Crippen LogP contribution in [0.5, 0.6) is 0 Å². The molecule has 0 saturated heterocycles. The summed E-state index contributed by atoms with van der Waals surface area (Å²) in [4.78, 5) is 12.2. The van der Waals surface area contributed by atoms with Crippen LogP contribution in [0, 0.1) is 10.1 Å². The zero-order chi connectivity index (χ0) is 18.2. The Hall–Kier alpha value is -2.80. The summed E-state index contributed by atoms with van der Waals surface area (Å²) in [6, 6.07) is 13.6. The highest BCUT2D eigenvalue weighted by atomic mass is 16.6. The molecule has 25 heavy (non-hydrogen) atoms. The first kappa shape index (κ1) is 18.5. The predicted octanol–water partition coefficient (Wildman–Crippen LogP) is 4.61. The van der Waals surface area contributed by atoms with Crippen LogP contribution in [0.1, 0.15) is 19.8 Å². The van der Waals surface area contributed by atoms with Crippen molar-refractivity contribution in [3.8, 4) is 0 Å². The number of anilines is 1. The van der Waals surface area contributed by atoms with Crippen molar-refractivity contribution in [2.45, 2.75) is 25.8 Å². The summed E-state index contributed by atoms with van der Waals surface area (Å²) in [7, 11) is 1.96. The molecule has 0 fully saturated rings. The zero-order valence-corrected chi connectivity index (χ0v) is 14.4. The summed E-state index contributed by atoms with van der Waals surface area (Å²) in [5, 5.41) is 28.3. The first-order chi connectivity index (χ1) is 12.0. The molecule has 2 aromatic carbocycles. The van der Waals surface area contributed by atoms with E-state index in [9.17, 15) is 15.2 Å². The van der Waals surface area contributed by atoms with E-state index in [1.807, 2.05) is 31.3 Å². The molecule has 0 bridgehead atoms. The van der Waals surface area contributed by atoms with Gasteiger partial charge in [0.1, 0.15) is 0 Å². The standard InChI is InChI=1S/C18H22N4O3/c1-3-4-18(13-23)21(2)16-9-5-14(6-10-16)19-20-15-7-11-17(12-8-15)22(24)25/h5-12,18,23H,3-4,13H2,1-2H3/b20-19+. The Labute approximate surface area is 146 Å². The fourth-order valence-corrected chi connectivity index (χ4v) is 2.46. The average molecular weight is 342 g/mol. The van der Waals surface area contributed by atoms with Crippen molar-refractivity contribution in [1.29, 1.82) is 0 Å². The van der Waals surface area contributed by atoms with E-state index < -0.39 is 4.92 Å². The lowest BCUT2D eigenvalue weighted by Crippen LogP contribution is -2.34. The number of benzene rings is 2. The van der Waals surface area contributed by atoms with Crippen LogP contribution in [0.3, 0.4) is 0 Å². The molecule has 7 heteroatoms. The van der Waals surface area contributed by atoms with Gasteiger partial charge in [-0.2, -0.15) is 10.2 Å². The molecule has 7 nitrogen and oxygen atoms in total. The number of hydrogen-bond donors (Lipinski definition) is 1. The number of hydrogen-bond acceptors (Lipinski definition) is 6. The highest BCUT2D eigenvalue weighted by Crippen LogP contribution is 2.24. The smallest absolute Gasteiger partial charge is 0.269 e. The maximum absolute atomic E-state index is 10.6. The SMILES string of the molecule is CCCC(CO)N(C)c1ccc(/N=N/c2ccc([N+](=O)[O-])cc2)cc1. The summed E-state index contributed by atoms with van der Waals surface area (Å²) >= 11 is 0. The molecular formula is C18H22N4O3. The van der Waals surface area contributed by atoms with E-state index in [1.165, 1.54) is 12.1 Å². The number of nitrogens with zero attached hydrogens (tertiary/aromatic N) is 4. The van der Waals surface area contributed by atoms with Crippen LogP contribution < -0.4 is 4.90 Å². The summed E-state index contributed by atoms with van der Waals surface area (Å²) in [5.74, 6) is 0. The van der Waals surface area contributed by atoms with Crippen LogP contribution in [-0.2, 0) is 0 Å². The molecule has 1 unspecified atom stereocenters. The Morgan fingerprint density at radius 1 is 1.08 bits per heavy atom. The van der Waals surface area contributed by atoms with Gasteiger partial charge in [-0.25, -0.2) is 0 Å². The topological polar surface area (TPSA) is 91.3 Å². The molecule has 2 rings (SSSR count). The molecule has 0 aliphatic heterocycles. The second-order valence-corrected chi connectivity index (χ2v) is 5.73. The molecule has 0 radical (unpaired) electrons. The Bertz CT molecular complexity index is 714. The van der Waals surface area contributed by atoms with Gasteiger partial charge in [0.2, 0.25) is 0 Å². The van der Waals surface area contributed by atoms with Gasteiger partial charge >= 0.3 is 0 Å². The third-order valence-electron chi connectivity index (χ3n) is 3.98. The lowest BCUT2D eigenvalue weighted by Gasteiger charge is -2.28. The number of aliphatic hydroxyl groups is 1. The van der Waals surface area contributed by atoms with Crippen LogP contribution in [-0.4, -0.2) is 29.7 Å².